The molecule has 0 aromatic carbocycles. The zero-order valence-electron chi connectivity index (χ0n) is 10.8. The molecule has 98 valence electrons. The van der Waals surface area contributed by atoms with Crippen LogP contribution in [-0.2, 0) is 13.7 Å². The van der Waals surface area contributed by atoms with Crippen molar-refractivity contribution in [3.05, 3.63) is 34.5 Å². The average Bonchev–Trinajstić information content (AvgIpc) is 3.11. The monoisotopic (exact) mass is 265 g/mol. The number of ether oxygens (including phenoxy) is 1. The second-order valence-electron chi connectivity index (χ2n) is 3.61. The Morgan fingerprint density at radius 3 is 3.16 bits per heavy atom. The number of H-pyrrole nitrogens is 1. The predicted octanol–water partition coefficient (Wildman–Crippen LogP) is -0.744. The number of aromatic nitrogens is 7. The molecule has 0 radical (unpaired) electrons. The molecule has 3 aromatic heterocycles. The van der Waals surface area contributed by atoms with Crippen molar-refractivity contribution < 1.29 is 10.7 Å². The van der Waals surface area contributed by atoms with Gasteiger partial charge >= 0.3 is 5.69 Å². The van der Waals surface area contributed by atoms with Crippen molar-refractivity contribution in [2.24, 2.45) is 7.05 Å². The van der Waals surface area contributed by atoms with Crippen molar-refractivity contribution in [2.45, 2.75) is 6.61 Å². The molecule has 1 N–H and O–H groups in total. The fourth-order valence-corrected chi connectivity index (χ4v) is 1.42. The second-order valence-corrected chi connectivity index (χ2v) is 3.61. The van der Waals surface area contributed by atoms with Gasteiger partial charge < -0.3 is 9.26 Å². The van der Waals surface area contributed by atoms with Gasteiger partial charge in [-0.1, -0.05) is 5.16 Å². The summed E-state index contributed by atoms with van der Waals surface area (Å²) < 4.78 is 19.6. The van der Waals surface area contributed by atoms with E-state index < -0.39 is 5.69 Å². The summed E-state index contributed by atoms with van der Waals surface area (Å²) in [6, 6.07) is 1.54. The topological polar surface area (TPSA) is 117 Å². The molecule has 0 bridgehead atoms. The van der Waals surface area contributed by atoms with E-state index >= 15 is 0 Å². The van der Waals surface area contributed by atoms with Crippen molar-refractivity contribution in [3.63, 3.8) is 0 Å². The largest absolute Gasteiger partial charge is 0.471 e. The number of tetrazole rings is 1. The van der Waals surface area contributed by atoms with Crippen LogP contribution in [-0.4, -0.2) is 35.1 Å². The van der Waals surface area contributed by atoms with E-state index in [1.807, 2.05) is 0 Å². The Morgan fingerprint density at radius 1 is 1.58 bits per heavy atom. The van der Waals surface area contributed by atoms with Crippen LogP contribution in [0.2, 0.25) is 1.41 Å². The third-order valence-corrected chi connectivity index (χ3v) is 2.35. The van der Waals surface area contributed by atoms with E-state index in [1.54, 1.807) is 0 Å². The van der Waals surface area contributed by atoms with Crippen molar-refractivity contribution >= 4 is 0 Å². The Hall–Kier alpha value is -2.91. The highest BCUT2D eigenvalue weighted by atomic mass is 16.5. The lowest BCUT2D eigenvalue weighted by molar-refractivity contribution is 0.290. The van der Waals surface area contributed by atoms with E-state index in [1.165, 1.54) is 25.5 Å². The van der Waals surface area contributed by atoms with Gasteiger partial charge in [-0.25, -0.2) is 4.79 Å². The lowest BCUT2D eigenvalue weighted by atomic mass is 10.3. The van der Waals surface area contributed by atoms with Crippen LogP contribution in [0, 0.1) is 0 Å². The maximum atomic E-state index is 11.7. The van der Waals surface area contributed by atoms with Crippen LogP contribution < -0.4 is 10.4 Å². The van der Waals surface area contributed by atoms with E-state index in [0.29, 0.717) is 5.56 Å². The first-order valence-electron chi connectivity index (χ1n) is 5.70. The maximum absolute atomic E-state index is 11.7. The van der Waals surface area contributed by atoms with Crippen LogP contribution in [0.4, 0.5) is 0 Å². The van der Waals surface area contributed by atoms with Crippen LogP contribution in [0.1, 0.15) is 5.56 Å². The summed E-state index contributed by atoms with van der Waals surface area (Å²) in [5.74, 6) is 0.409. The Balaban J connectivity index is 1.83. The average molecular weight is 265 g/mol. The number of nitrogens with zero attached hydrogens (tertiary/aromatic N) is 6. The number of hydrogen-bond donors (Lipinski definition) is 1. The first-order chi connectivity index (χ1) is 9.65. The number of hydrogen-bond acceptors (Lipinski definition) is 7. The summed E-state index contributed by atoms with van der Waals surface area (Å²) in [6.07, 6.45) is 2.84. The van der Waals surface area contributed by atoms with E-state index in [-0.39, 0.29) is 18.4 Å². The minimum absolute atomic E-state index is 0.0683. The maximum Gasteiger partial charge on any atom is 0.370 e. The molecule has 0 amide bonds. The molecule has 0 atom stereocenters. The first kappa shape index (κ1) is 10.1. The van der Waals surface area contributed by atoms with Crippen LogP contribution in [0.3, 0.4) is 0 Å². The molecule has 3 aromatic rings. The molecule has 0 fully saturated rings. The van der Waals surface area contributed by atoms with Gasteiger partial charge in [-0.05, 0) is 10.4 Å². The Labute approximate surface area is 107 Å². The van der Waals surface area contributed by atoms with Gasteiger partial charge in [-0.3, -0.25) is 5.09 Å². The Morgan fingerprint density at radius 2 is 2.47 bits per heavy atom. The molecule has 0 aliphatic rings. The zero-order chi connectivity index (χ0) is 14.1. The number of aryl methyl sites for hydroxylation is 1. The molecule has 0 aliphatic heterocycles. The molecule has 3 heterocycles. The van der Waals surface area contributed by atoms with Crippen LogP contribution in [0.5, 0.6) is 5.88 Å². The zero-order valence-corrected chi connectivity index (χ0v) is 9.79. The summed E-state index contributed by atoms with van der Waals surface area (Å²) >= 11 is 0. The van der Waals surface area contributed by atoms with E-state index in [2.05, 4.69) is 20.7 Å². The summed E-state index contributed by atoms with van der Waals surface area (Å²) in [7, 11) is 1.47. The Kier molecular flexibility index (Phi) is 2.33. The molecular formula is C9H9N7O3. The standard InChI is InChI=1S/C9H9N7O3/c1-15-9(17)16(14-13-15)8-6(4-11-19-8)5-18-7-2-3-10-12-7/h2-4H,5H2,1H3,(H,10,12)/i/hT. The fourth-order valence-electron chi connectivity index (χ4n) is 1.42. The van der Waals surface area contributed by atoms with Gasteiger partial charge in [0.1, 0.15) is 6.61 Å². The van der Waals surface area contributed by atoms with Crippen molar-refractivity contribution in [1.29, 1.82) is 0 Å². The van der Waals surface area contributed by atoms with Gasteiger partial charge in [0, 0.05) is 19.3 Å². The fraction of sp³-hybridized carbons (Fsp3) is 0.222. The quantitative estimate of drug-likeness (QED) is 0.659. The Bertz CT molecular complexity index is 785. The minimum atomic E-state index is -0.460. The minimum Gasteiger partial charge on any atom is -0.471 e. The molecule has 3 rings (SSSR count). The van der Waals surface area contributed by atoms with Gasteiger partial charge in [0.05, 0.1) is 11.8 Å². The lowest BCUT2D eigenvalue weighted by Gasteiger charge is -2.00. The summed E-state index contributed by atoms with van der Waals surface area (Å²) in [5.41, 5.74) is 0.0468. The SMILES string of the molecule is [3H]n1ccc(OCc2cnoc2-n2nnn(C)c2=O)n1. The molecule has 0 unspecified atom stereocenters. The van der Waals surface area contributed by atoms with Gasteiger partial charge in [0.2, 0.25) is 5.88 Å². The summed E-state index contributed by atoms with van der Waals surface area (Å²) in [4.78, 5) is 11.7. The molecule has 0 spiro atoms. The van der Waals surface area contributed by atoms with Gasteiger partial charge in [-0.2, -0.15) is 4.68 Å². The molecule has 0 saturated carbocycles. The van der Waals surface area contributed by atoms with Crippen LogP contribution in [0.15, 0.2) is 27.8 Å². The van der Waals surface area contributed by atoms with Crippen molar-refractivity contribution in [3.8, 4) is 11.8 Å². The van der Waals surface area contributed by atoms with Gasteiger partial charge in [0.15, 0.2) is 1.41 Å². The van der Waals surface area contributed by atoms with Crippen molar-refractivity contribution in [1.82, 2.24) is 35.1 Å². The van der Waals surface area contributed by atoms with Gasteiger partial charge in [-0.15, -0.1) is 9.78 Å². The highest BCUT2D eigenvalue weighted by Crippen LogP contribution is 2.13. The predicted molar refractivity (Wildman–Crippen MR) is 59.6 cm³/mol. The normalized spacial score (nSPS) is 11.5. The van der Waals surface area contributed by atoms with Crippen molar-refractivity contribution in [2.75, 3.05) is 0 Å². The molecule has 0 saturated heterocycles. The van der Waals surface area contributed by atoms with E-state index in [4.69, 9.17) is 10.7 Å². The molecular weight excluding hydrogens is 254 g/mol. The summed E-state index contributed by atoms with van der Waals surface area (Å²) in [5, 5.41) is 15.5. The molecule has 10 heteroatoms. The number of rotatable bonds is 4. The molecule has 19 heavy (non-hydrogen) atoms. The van der Waals surface area contributed by atoms with E-state index in [0.717, 1.165) is 14.5 Å². The van der Waals surface area contributed by atoms with E-state index in [9.17, 15) is 4.79 Å². The number of aromatic amines is 1. The molecule has 0 aliphatic carbocycles. The highest BCUT2D eigenvalue weighted by Gasteiger charge is 2.16. The smallest absolute Gasteiger partial charge is 0.370 e. The first-order valence-corrected chi connectivity index (χ1v) is 5.26. The highest BCUT2D eigenvalue weighted by molar-refractivity contribution is 5.26. The van der Waals surface area contributed by atoms with Crippen LogP contribution >= 0.6 is 0 Å². The van der Waals surface area contributed by atoms with Gasteiger partial charge in [0.25, 0.3) is 5.88 Å². The van der Waals surface area contributed by atoms with Crippen LogP contribution in [0.25, 0.3) is 5.88 Å². The molecule has 10 nitrogen and oxygen atoms in total. The second kappa shape index (κ2) is 4.40. The third kappa shape index (κ3) is 1.99. The summed E-state index contributed by atoms with van der Waals surface area (Å²) in [6.45, 7) is 0.0683. The third-order valence-electron chi connectivity index (χ3n) is 2.35. The number of nitrogens with one attached hydrogen (secondary N) is 1. The lowest BCUT2D eigenvalue weighted by Crippen LogP contribution is -2.22.